The van der Waals surface area contributed by atoms with Crippen molar-refractivity contribution in [3.63, 3.8) is 0 Å². The van der Waals surface area contributed by atoms with Gasteiger partial charge in [0.1, 0.15) is 0 Å². The van der Waals surface area contributed by atoms with Crippen molar-refractivity contribution in [1.82, 2.24) is 4.57 Å². The van der Waals surface area contributed by atoms with Crippen molar-refractivity contribution < 1.29 is 4.79 Å². The van der Waals surface area contributed by atoms with Crippen molar-refractivity contribution >= 4 is 22.5 Å². The summed E-state index contributed by atoms with van der Waals surface area (Å²) in [6, 6.07) is 14.1. The maximum Gasteiger partial charge on any atom is 0.257 e. The number of rotatable bonds is 3. The van der Waals surface area contributed by atoms with E-state index in [0.717, 1.165) is 34.1 Å². The molecule has 3 nitrogen and oxygen atoms in total. The minimum absolute atomic E-state index is 0.0548. The van der Waals surface area contributed by atoms with Crippen molar-refractivity contribution in [3.05, 3.63) is 65.4 Å². The van der Waals surface area contributed by atoms with E-state index in [4.69, 9.17) is 0 Å². The van der Waals surface area contributed by atoms with Crippen LogP contribution in [0, 0.1) is 6.92 Å². The van der Waals surface area contributed by atoms with Gasteiger partial charge < -0.3 is 9.88 Å². The topological polar surface area (TPSA) is 34.0 Å². The molecule has 0 fully saturated rings. The Bertz CT molecular complexity index is 846. The van der Waals surface area contributed by atoms with Crippen LogP contribution in [0.2, 0.25) is 0 Å². The van der Waals surface area contributed by atoms with Crippen molar-refractivity contribution in [2.24, 2.45) is 7.05 Å². The molecule has 0 radical (unpaired) electrons. The smallest absolute Gasteiger partial charge is 0.257 e. The van der Waals surface area contributed by atoms with Crippen LogP contribution in [-0.4, -0.2) is 10.5 Å². The standard InChI is InChI=1S/C19H20N2O/c1-4-14-9-7-8-13(2)18(14)20-19(22)16-12-21(3)17-11-6-5-10-15(16)17/h5-12H,4H2,1-3H3,(H,20,22). The van der Waals surface area contributed by atoms with Crippen molar-refractivity contribution in [3.8, 4) is 0 Å². The SMILES string of the molecule is CCc1cccc(C)c1NC(=O)c1cn(C)c2ccccc12. The lowest BCUT2D eigenvalue weighted by Crippen LogP contribution is -2.14. The fraction of sp³-hybridized carbons (Fsp3) is 0.211. The summed E-state index contributed by atoms with van der Waals surface area (Å²) >= 11 is 0. The Morgan fingerprint density at radius 3 is 2.68 bits per heavy atom. The molecule has 3 heteroatoms. The van der Waals surface area contributed by atoms with Crippen LogP contribution in [0.1, 0.15) is 28.4 Å². The van der Waals surface area contributed by atoms with Gasteiger partial charge in [0, 0.05) is 29.8 Å². The third kappa shape index (κ3) is 2.39. The second-order valence-corrected chi connectivity index (χ2v) is 5.59. The minimum Gasteiger partial charge on any atom is -0.350 e. The van der Waals surface area contributed by atoms with Crippen LogP contribution in [0.5, 0.6) is 0 Å². The van der Waals surface area contributed by atoms with Crippen LogP contribution < -0.4 is 5.32 Å². The van der Waals surface area contributed by atoms with Crippen LogP contribution in [0.4, 0.5) is 5.69 Å². The molecule has 0 saturated heterocycles. The zero-order chi connectivity index (χ0) is 15.7. The summed E-state index contributed by atoms with van der Waals surface area (Å²) in [5.74, 6) is -0.0548. The molecule has 0 bridgehead atoms. The first-order chi connectivity index (χ1) is 10.6. The van der Waals surface area contributed by atoms with E-state index < -0.39 is 0 Å². The number of aromatic nitrogens is 1. The van der Waals surface area contributed by atoms with E-state index in [1.54, 1.807) is 0 Å². The van der Waals surface area contributed by atoms with Gasteiger partial charge in [-0.3, -0.25) is 4.79 Å². The summed E-state index contributed by atoms with van der Waals surface area (Å²) < 4.78 is 1.99. The largest absolute Gasteiger partial charge is 0.350 e. The van der Waals surface area contributed by atoms with Crippen LogP contribution in [0.15, 0.2) is 48.7 Å². The number of anilines is 1. The molecule has 1 aromatic heterocycles. The van der Waals surface area contributed by atoms with Gasteiger partial charge in [-0.2, -0.15) is 0 Å². The van der Waals surface area contributed by atoms with E-state index in [0.29, 0.717) is 5.56 Å². The van der Waals surface area contributed by atoms with Gasteiger partial charge in [-0.05, 0) is 30.5 Å². The number of hydrogen-bond donors (Lipinski definition) is 1. The van der Waals surface area contributed by atoms with Crippen LogP contribution in [0.25, 0.3) is 10.9 Å². The molecule has 1 N–H and O–H groups in total. The maximum absolute atomic E-state index is 12.7. The van der Waals surface area contributed by atoms with Crippen molar-refractivity contribution in [1.29, 1.82) is 0 Å². The predicted molar refractivity (Wildman–Crippen MR) is 91.4 cm³/mol. The Labute approximate surface area is 130 Å². The number of fused-ring (bicyclic) bond motifs is 1. The fourth-order valence-electron chi connectivity index (χ4n) is 2.91. The van der Waals surface area contributed by atoms with Gasteiger partial charge in [0.25, 0.3) is 5.91 Å². The monoisotopic (exact) mass is 292 g/mol. The highest BCUT2D eigenvalue weighted by atomic mass is 16.1. The van der Waals surface area contributed by atoms with Gasteiger partial charge in [-0.25, -0.2) is 0 Å². The number of para-hydroxylation sites is 2. The van der Waals surface area contributed by atoms with Gasteiger partial charge >= 0.3 is 0 Å². The van der Waals surface area contributed by atoms with Gasteiger partial charge in [-0.15, -0.1) is 0 Å². The molecule has 22 heavy (non-hydrogen) atoms. The Kier molecular flexibility index (Phi) is 3.72. The molecule has 0 saturated carbocycles. The highest BCUT2D eigenvalue weighted by Crippen LogP contribution is 2.25. The van der Waals surface area contributed by atoms with E-state index in [9.17, 15) is 4.79 Å². The lowest BCUT2D eigenvalue weighted by atomic mass is 10.1. The number of aryl methyl sites for hydroxylation is 3. The molecule has 0 aliphatic heterocycles. The summed E-state index contributed by atoms with van der Waals surface area (Å²) in [7, 11) is 1.96. The summed E-state index contributed by atoms with van der Waals surface area (Å²) in [6.07, 6.45) is 2.79. The number of amides is 1. The predicted octanol–water partition coefficient (Wildman–Crippen LogP) is 4.30. The molecular weight excluding hydrogens is 272 g/mol. The molecule has 2 aromatic carbocycles. The number of hydrogen-bond acceptors (Lipinski definition) is 1. The normalized spacial score (nSPS) is 10.9. The Balaban J connectivity index is 2.01. The summed E-state index contributed by atoms with van der Waals surface area (Å²) in [5, 5.41) is 4.08. The van der Waals surface area contributed by atoms with Crippen LogP contribution in [0.3, 0.4) is 0 Å². The molecule has 0 spiro atoms. The van der Waals surface area contributed by atoms with Gasteiger partial charge in [0.15, 0.2) is 0 Å². The average molecular weight is 292 g/mol. The Morgan fingerprint density at radius 1 is 1.14 bits per heavy atom. The van der Waals surface area contributed by atoms with E-state index in [1.165, 1.54) is 0 Å². The van der Waals surface area contributed by atoms with Gasteiger partial charge in [0.2, 0.25) is 0 Å². The summed E-state index contributed by atoms with van der Waals surface area (Å²) in [5.41, 5.74) is 4.96. The van der Waals surface area contributed by atoms with E-state index in [-0.39, 0.29) is 5.91 Å². The summed E-state index contributed by atoms with van der Waals surface area (Å²) in [6.45, 7) is 4.13. The van der Waals surface area contributed by atoms with Crippen molar-refractivity contribution in [2.75, 3.05) is 5.32 Å². The molecule has 0 aliphatic rings. The first-order valence-corrected chi connectivity index (χ1v) is 7.55. The van der Waals surface area contributed by atoms with E-state index >= 15 is 0 Å². The zero-order valence-corrected chi connectivity index (χ0v) is 13.2. The molecule has 112 valence electrons. The molecule has 1 amide bonds. The molecule has 3 aromatic rings. The molecule has 0 unspecified atom stereocenters. The molecule has 0 aliphatic carbocycles. The van der Waals surface area contributed by atoms with Gasteiger partial charge in [-0.1, -0.05) is 43.3 Å². The third-order valence-corrected chi connectivity index (χ3v) is 4.12. The molecule has 0 atom stereocenters. The second kappa shape index (κ2) is 5.68. The first kappa shape index (κ1) is 14.4. The summed E-state index contributed by atoms with van der Waals surface area (Å²) in [4.78, 5) is 12.7. The number of benzene rings is 2. The molecule has 1 heterocycles. The number of carbonyl (C=O) groups is 1. The minimum atomic E-state index is -0.0548. The quantitative estimate of drug-likeness (QED) is 0.767. The van der Waals surface area contributed by atoms with E-state index in [2.05, 4.69) is 18.3 Å². The second-order valence-electron chi connectivity index (χ2n) is 5.59. The Hall–Kier alpha value is -2.55. The van der Waals surface area contributed by atoms with Crippen LogP contribution in [-0.2, 0) is 13.5 Å². The fourth-order valence-corrected chi connectivity index (χ4v) is 2.91. The zero-order valence-electron chi connectivity index (χ0n) is 13.2. The molecular formula is C19H20N2O. The Morgan fingerprint density at radius 2 is 1.91 bits per heavy atom. The average Bonchev–Trinajstić information content (AvgIpc) is 2.87. The number of nitrogens with zero attached hydrogens (tertiary/aromatic N) is 1. The van der Waals surface area contributed by atoms with Crippen molar-refractivity contribution in [2.45, 2.75) is 20.3 Å². The molecule has 3 rings (SSSR count). The van der Waals surface area contributed by atoms with Gasteiger partial charge in [0.05, 0.1) is 5.56 Å². The lowest BCUT2D eigenvalue weighted by molar-refractivity contribution is 0.102. The highest BCUT2D eigenvalue weighted by molar-refractivity contribution is 6.13. The third-order valence-electron chi connectivity index (χ3n) is 4.12. The lowest BCUT2D eigenvalue weighted by Gasteiger charge is -2.12. The maximum atomic E-state index is 12.7. The first-order valence-electron chi connectivity index (χ1n) is 7.55. The number of nitrogens with one attached hydrogen (secondary N) is 1. The van der Waals surface area contributed by atoms with E-state index in [1.807, 2.05) is 61.1 Å². The number of carbonyl (C=O) groups excluding carboxylic acids is 1. The van der Waals surface area contributed by atoms with Crippen LogP contribution >= 0.6 is 0 Å². The highest BCUT2D eigenvalue weighted by Gasteiger charge is 2.15.